The lowest BCUT2D eigenvalue weighted by molar-refractivity contribution is -0.138. The molecule has 0 radical (unpaired) electrons. The number of amides is 2. The van der Waals surface area contributed by atoms with Crippen LogP contribution in [-0.4, -0.2) is 50.4 Å². The SMILES string of the molecule is O=C(NCC(NS(=O)(=O)c1cccc(N2CCCC2=O)c1Cl)C(=O)O)c1ccc(Cl)s1. The van der Waals surface area contributed by atoms with Gasteiger partial charge in [0.1, 0.15) is 10.9 Å². The Morgan fingerprint density at radius 1 is 1.23 bits per heavy atom. The highest BCUT2D eigenvalue weighted by Gasteiger charge is 2.31. The third-order valence-corrected chi connectivity index (χ3v) is 7.71. The maximum atomic E-state index is 12.8. The molecule has 2 heterocycles. The number of carbonyl (C=O) groups is 3. The zero-order valence-corrected chi connectivity index (χ0v) is 18.9. The first-order valence-corrected chi connectivity index (χ1v) is 12.0. The lowest BCUT2D eigenvalue weighted by Crippen LogP contribution is -2.48. The fraction of sp³-hybridized carbons (Fsp3) is 0.278. The Hall–Kier alpha value is -2.18. The first-order valence-electron chi connectivity index (χ1n) is 8.97. The van der Waals surface area contributed by atoms with Gasteiger partial charge in [-0.15, -0.1) is 11.3 Å². The van der Waals surface area contributed by atoms with E-state index in [-0.39, 0.29) is 26.4 Å². The fourth-order valence-corrected chi connectivity index (χ4v) is 5.74. The van der Waals surface area contributed by atoms with Crippen LogP contribution in [0.3, 0.4) is 0 Å². The van der Waals surface area contributed by atoms with Gasteiger partial charge in [0, 0.05) is 19.5 Å². The van der Waals surface area contributed by atoms with Gasteiger partial charge in [0.05, 0.1) is 19.9 Å². The number of carboxylic acids is 1. The Kier molecular flexibility index (Phi) is 7.22. The summed E-state index contributed by atoms with van der Waals surface area (Å²) >= 11 is 13.0. The Morgan fingerprint density at radius 2 is 1.97 bits per heavy atom. The van der Waals surface area contributed by atoms with Crippen molar-refractivity contribution in [2.75, 3.05) is 18.0 Å². The van der Waals surface area contributed by atoms with Crippen molar-refractivity contribution in [3.8, 4) is 0 Å². The fourth-order valence-electron chi connectivity index (χ4n) is 2.97. The van der Waals surface area contributed by atoms with Crippen LogP contribution in [0.15, 0.2) is 35.2 Å². The molecule has 166 valence electrons. The molecule has 1 saturated heterocycles. The standard InChI is InChI=1S/C18H17Cl2N3O6S2/c19-14-7-6-12(30-14)17(25)21-9-10(18(26)27)22-31(28,29)13-4-1-3-11(16(13)20)23-8-2-5-15(23)24/h1,3-4,6-7,10,22H,2,5,8-9H2,(H,21,25)(H,26,27). The van der Waals surface area contributed by atoms with Gasteiger partial charge in [0.25, 0.3) is 5.91 Å². The second-order valence-electron chi connectivity index (χ2n) is 6.56. The molecule has 0 aliphatic carbocycles. The van der Waals surface area contributed by atoms with Gasteiger partial charge < -0.3 is 15.3 Å². The van der Waals surface area contributed by atoms with Crippen LogP contribution in [-0.2, 0) is 19.6 Å². The smallest absolute Gasteiger partial charge is 0.323 e. The van der Waals surface area contributed by atoms with Gasteiger partial charge in [-0.1, -0.05) is 29.3 Å². The minimum Gasteiger partial charge on any atom is -0.480 e. The van der Waals surface area contributed by atoms with Crippen molar-refractivity contribution < 1.29 is 27.9 Å². The summed E-state index contributed by atoms with van der Waals surface area (Å²) in [5.74, 6) is -2.26. The molecular weight excluding hydrogens is 489 g/mol. The van der Waals surface area contributed by atoms with Crippen molar-refractivity contribution in [1.82, 2.24) is 10.0 Å². The number of rotatable bonds is 8. The molecule has 0 saturated carbocycles. The van der Waals surface area contributed by atoms with Crippen molar-refractivity contribution in [2.45, 2.75) is 23.8 Å². The van der Waals surface area contributed by atoms with Crippen LogP contribution in [0.5, 0.6) is 0 Å². The molecule has 31 heavy (non-hydrogen) atoms. The van der Waals surface area contributed by atoms with E-state index in [1.54, 1.807) is 0 Å². The van der Waals surface area contributed by atoms with Crippen molar-refractivity contribution in [3.63, 3.8) is 0 Å². The number of hydrogen-bond acceptors (Lipinski definition) is 6. The monoisotopic (exact) mass is 505 g/mol. The minimum atomic E-state index is -4.38. The molecule has 1 aliphatic heterocycles. The van der Waals surface area contributed by atoms with Crippen LogP contribution >= 0.6 is 34.5 Å². The second kappa shape index (κ2) is 9.53. The van der Waals surface area contributed by atoms with Gasteiger partial charge in [-0.2, -0.15) is 4.72 Å². The quantitative estimate of drug-likeness (QED) is 0.504. The van der Waals surface area contributed by atoms with Crippen LogP contribution in [0.2, 0.25) is 9.36 Å². The topological polar surface area (TPSA) is 133 Å². The number of sulfonamides is 1. The largest absolute Gasteiger partial charge is 0.480 e. The normalized spacial score (nSPS) is 15.2. The van der Waals surface area contributed by atoms with Crippen LogP contribution in [0.25, 0.3) is 0 Å². The number of halogens is 2. The second-order valence-corrected chi connectivity index (χ2v) is 10.3. The number of nitrogens with one attached hydrogen (secondary N) is 2. The predicted molar refractivity (Wildman–Crippen MR) is 116 cm³/mol. The molecular formula is C18H17Cl2N3O6S2. The number of carboxylic acid groups (broad SMARTS) is 1. The van der Waals surface area contributed by atoms with Crippen LogP contribution in [0.4, 0.5) is 5.69 Å². The molecule has 1 unspecified atom stereocenters. The van der Waals surface area contributed by atoms with E-state index in [1.165, 1.54) is 35.2 Å². The zero-order chi connectivity index (χ0) is 22.8. The predicted octanol–water partition coefficient (Wildman–Crippen LogP) is 2.34. The highest BCUT2D eigenvalue weighted by atomic mass is 35.5. The summed E-state index contributed by atoms with van der Waals surface area (Å²) in [5.41, 5.74) is 0.238. The van der Waals surface area contributed by atoms with Gasteiger partial charge >= 0.3 is 5.97 Å². The summed E-state index contributed by atoms with van der Waals surface area (Å²) < 4.78 is 28.1. The van der Waals surface area contributed by atoms with E-state index in [1.807, 2.05) is 4.72 Å². The average Bonchev–Trinajstić information content (AvgIpc) is 3.33. The first kappa shape index (κ1) is 23.5. The average molecular weight is 506 g/mol. The third-order valence-electron chi connectivity index (χ3n) is 4.46. The van der Waals surface area contributed by atoms with Crippen molar-refractivity contribution in [3.05, 3.63) is 44.6 Å². The maximum absolute atomic E-state index is 12.8. The first-order chi connectivity index (χ1) is 14.6. The third kappa shape index (κ3) is 5.36. The highest BCUT2D eigenvalue weighted by Crippen LogP contribution is 2.34. The number of benzene rings is 1. The lowest BCUT2D eigenvalue weighted by Gasteiger charge is -2.20. The molecule has 3 rings (SSSR count). The molecule has 1 aliphatic rings. The highest BCUT2D eigenvalue weighted by molar-refractivity contribution is 7.89. The van der Waals surface area contributed by atoms with Crippen molar-refractivity contribution in [1.29, 1.82) is 0 Å². The molecule has 1 aromatic carbocycles. The summed E-state index contributed by atoms with van der Waals surface area (Å²) in [5, 5.41) is 11.6. The number of carbonyl (C=O) groups excluding carboxylic acids is 2. The molecule has 2 amide bonds. The number of aliphatic carboxylic acids is 1. The number of hydrogen-bond donors (Lipinski definition) is 3. The molecule has 0 bridgehead atoms. The number of nitrogens with zero attached hydrogens (tertiary/aromatic N) is 1. The van der Waals surface area contributed by atoms with E-state index in [9.17, 15) is 27.9 Å². The van der Waals surface area contributed by atoms with Gasteiger partial charge in [-0.25, -0.2) is 8.42 Å². The molecule has 1 atom stereocenters. The van der Waals surface area contributed by atoms with Crippen molar-refractivity contribution >= 4 is 68.0 Å². The van der Waals surface area contributed by atoms with Crippen molar-refractivity contribution in [2.24, 2.45) is 0 Å². The van der Waals surface area contributed by atoms with Gasteiger partial charge in [-0.05, 0) is 30.7 Å². The van der Waals surface area contributed by atoms with Gasteiger partial charge in [-0.3, -0.25) is 14.4 Å². The Balaban J connectivity index is 1.78. The zero-order valence-electron chi connectivity index (χ0n) is 15.8. The van der Waals surface area contributed by atoms with Crippen LogP contribution in [0, 0.1) is 0 Å². The molecule has 0 spiro atoms. The number of thiophene rings is 1. The Labute approximate surface area is 192 Å². The van der Waals surface area contributed by atoms with Gasteiger partial charge in [0.15, 0.2) is 0 Å². The van der Waals surface area contributed by atoms with E-state index in [0.29, 0.717) is 23.7 Å². The summed E-state index contributed by atoms with van der Waals surface area (Å²) in [7, 11) is -4.38. The van der Waals surface area contributed by atoms with E-state index in [0.717, 1.165) is 11.3 Å². The minimum absolute atomic E-state index is 0.177. The Bertz CT molecular complexity index is 1140. The van der Waals surface area contributed by atoms with E-state index >= 15 is 0 Å². The van der Waals surface area contributed by atoms with Crippen LogP contribution < -0.4 is 14.9 Å². The molecule has 1 aromatic heterocycles. The van der Waals surface area contributed by atoms with E-state index in [2.05, 4.69) is 5.32 Å². The van der Waals surface area contributed by atoms with Gasteiger partial charge in [0.2, 0.25) is 15.9 Å². The van der Waals surface area contributed by atoms with Crippen LogP contribution in [0.1, 0.15) is 22.5 Å². The molecule has 2 aromatic rings. The molecule has 9 nitrogen and oxygen atoms in total. The molecule has 13 heteroatoms. The summed E-state index contributed by atoms with van der Waals surface area (Å²) in [6, 6.07) is 5.47. The van der Waals surface area contributed by atoms with E-state index in [4.69, 9.17) is 23.2 Å². The molecule has 3 N–H and O–H groups in total. The molecule has 1 fully saturated rings. The summed E-state index contributed by atoms with van der Waals surface area (Å²) in [6.45, 7) is -0.100. The number of anilines is 1. The van der Waals surface area contributed by atoms with E-state index < -0.39 is 34.5 Å². The maximum Gasteiger partial charge on any atom is 0.323 e. The lowest BCUT2D eigenvalue weighted by atomic mass is 10.3. The summed E-state index contributed by atoms with van der Waals surface area (Å²) in [4.78, 5) is 37.0. The summed E-state index contributed by atoms with van der Waals surface area (Å²) in [6.07, 6.45) is 0.961. The Morgan fingerprint density at radius 3 is 2.55 bits per heavy atom.